The molecule has 0 saturated carbocycles. The van der Waals surface area contributed by atoms with Gasteiger partial charge in [-0.1, -0.05) is 364 Å². The van der Waals surface area contributed by atoms with E-state index >= 15 is 0 Å². The zero-order valence-corrected chi connectivity index (χ0v) is 58.8. The molecule has 4 heterocycles. The molecule has 0 atom stereocenters. The number of hydrogen-bond acceptors (Lipinski definition) is 8. The molecular weight excluding hydrogens is 1320 g/mol. The van der Waals surface area contributed by atoms with E-state index in [0.717, 1.165) is 157 Å². The lowest BCUT2D eigenvalue weighted by Crippen LogP contribution is -2.46. The molecule has 0 spiro atoms. The molecule has 0 aliphatic carbocycles. The molecule has 0 amide bonds. The van der Waals surface area contributed by atoms with Gasteiger partial charge in [0, 0.05) is 66.4 Å². The van der Waals surface area contributed by atoms with Crippen LogP contribution in [0.2, 0.25) is 0 Å². The minimum absolute atomic E-state index is 0.485. The highest BCUT2D eigenvalue weighted by Gasteiger charge is 2.39. The van der Waals surface area contributed by atoms with Crippen molar-refractivity contribution in [2.45, 2.75) is 0 Å². The summed E-state index contributed by atoms with van der Waals surface area (Å²) in [5, 5.41) is 0. The van der Waals surface area contributed by atoms with Gasteiger partial charge in [0.05, 0.1) is 0 Å². The second-order valence-electron chi connectivity index (χ2n) is 26.1. The number of hydrogen-bond donors (Lipinski definition) is 0. The molecule has 12 heteroatoms. The highest BCUT2D eigenvalue weighted by molar-refractivity contribution is 6.67. The van der Waals surface area contributed by atoms with Gasteiger partial charge in [-0.15, -0.1) is 0 Å². The number of para-hydroxylation sites is 8. The Kier molecular flexibility index (Phi) is 19.7. The zero-order chi connectivity index (χ0) is 72.2. The molecule has 0 N–H and O–H groups in total. The number of benzene rings is 16. The first-order valence-electron chi connectivity index (χ1n) is 36.2. The average Bonchev–Trinajstić information content (AvgIpc) is 0.789. The van der Waals surface area contributed by atoms with Crippen LogP contribution in [0.1, 0.15) is 0 Å². The molecule has 0 bridgehead atoms. The zero-order valence-electron chi connectivity index (χ0n) is 58.8. The van der Waals surface area contributed by atoms with Crippen molar-refractivity contribution in [3.63, 3.8) is 0 Å². The van der Waals surface area contributed by atoms with E-state index in [2.05, 4.69) is 170 Å². The standard InChI is InChI=1S/4C24H17BO2/c4*1-2-10-18(11-3-1)19-12-5-8-16-23(19)26-25-22-15-7-4-13-20(22)21-14-6-9-17-24(21)27-25/h4*1-17H. The lowest BCUT2D eigenvalue weighted by atomic mass is 9.71. The Morgan fingerprint density at radius 1 is 0.139 bits per heavy atom. The van der Waals surface area contributed by atoms with E-state index in [0.29, 0.717) is 0 Å². The van der Waals surface area contributed by atoms with Gasteiger partial charge in [-0.3, -0.25) is 0 Å². The number of fused-ring (bicyclic) bond motifs is 12. The molecule has 16 aromatic rings. The molecule has 0 unspecified atom stereocenters. The quantitative estimate of drug-likeness (QED) is 0.112. The van der Waals surface area contributed by atoms with Crippen LogP contribution in [0.25, 0.3) is 89.0 Å². The summed E-state index contributed by atoms with van der Waals surface area (Å²) in [6, 6.07) is 139. The van der Waals surface area contributed by atoms with Gasteiger partial charge in [0.25, 0.3) is 0 Å². The van der Waals surface area contributed by atoms with Gasteiger partial charge >= 0.3 is 28.5 Å². The third kappa shape index (κ3) is 14.5. The minimum Gasteiger partial charge on any atom is -0.521 e. The smallest absolute Gasteiger partial charge is 0.521 e. The highest BCUT2D eigenvalue weighted by atomic mass is 16.6. The number of rotatable bonds is 12. The molecule has 0 aromatic heterocycles. The Hall–Kier alpha value is -13.8. The predicted molar refractivity (Wildman–Crippen MR) is 442 cm³/mol. The van der Waals surface area contributed by atoms with Crippen molar-refractivity contribution in [3.05, 3.63) is 413 Å². The van der Waals surface area contributed by atoms with Gasteiger partial charge in [-0.05, 0) is 93.0 Å². The van der Waals surface area contributed by atoms with Crippen LogP contribution in [-0.4, -0.2) is 28.5 Å². The third-order valence-corrected chi connectivity index (χ3v) is 19.3. The van der Waals surface area contributed by atoms with Crippen molar-refractivity contribution < 1.29 is 37.2 Å². The Labute approximate surface area is 631 Å². The molecular formula is C96H68B4O8. The normalized spacial score (nSPS) is 11.9. The van der Waals surface area contributed by atoms with Crippen molar-refractivity contribution >= 4 is 50.3 Å². The van der Waals surface area contributed by atoms with Crippen molar-refractivity contribution in [2.75, 3.05) is 0 Å². The SMILES string of the molecule is c1ccc(-c2ccccc2OB2Oc3ccccc3-c3ccccc32)cc1.c1ccc(-c2ccccc2OB2Oc3ccccc3-c3ccccc32)cc1.c1ccc(-c2ccccc2OB2Oc3ccccc3-c3ccccc32)cc1.c1ccc(-c2ccccc2OB2Oc3ccccc3-c3ccccc32)cc1. The van der Waals surface area contributed by atoms with Crippen LogP contribution in [0.5, 0.6) is 46.0 Å². The van der Waals surface area contributed by atoms with E-state index in [1.165, 1.54) is 0 Å². The predicted octanol–water partition coefficient (Wildman–Crippen LogP) is 20.7. The van der Waals surface area contributed by atoms with Crippen molar-refractivity contribution in [3.8, 4) is 135 Å². The summed E-state index contributed by atoms with van der Waals surface area (Å²) in [5.74, 6) is 6.62. The Morgan fingerprint density at radius 2 is 0.296 bits per heavy atom. The van der Waals surface area contributed by atoms with Crippen LogP contribution in [0.4, 0.5) is 0 Å². The Bertz CT molecular complexity index is 5080. The fourth-order valence-electron chi connectivity index (χ4n) is 14.2. The van der Waals surface area contributed by atoms with E-state index < -0.39 is 28.5 Å². The van der Waals surface area contributed by atoms with Crippen LogP contribution in [0.15, 0.2) is 413 Å². The maximum absolute atomic E-state index is 6.40. The van der Waals surface area contributed by atoms with E-state index in [9.17, 15) is 0 Å². The minimum atomic E-state index is -0.485. The summed E-state index contributed by atoms with van der Waals surface area (Å²) in [5.41, 5.74) is 21.9. The van der Waals surface area contributed by atoms with Crippen LogP contribution in [0, 0.1) is 0 Å². The van der Waals surface area contributed by atoms with Crippen molar-refractivity contribution in [2.24, 2.45) is 0 Å². The largest absolute Gasteiger partial charge is 0.633 e. The fraction of sp³-hybridized carbons (Fsp3) is 0. The summed E-state index contributed by atoms with van der Waals surface area (Å²) in [6.45, 7) is 0. The van der Waals surface area contributed by atoms with Gasteiger partial charge in [0.1, 0.15) is 46.0 Å². The van der Waals surface area contributed by atoms with Gasteiger partial charge < -0.3 is 37.2 Å². The molecule has 4 aliphatic rings. The van der Waals surface area contributed by atoms with Gasteiger partial charge in [0.15, 0.2) is 0 Å². The Morgan fingerprint density at radius 3 is 0.509 bits per heavy atom. The summed E-state index contributed by atoms with van der Waals surface area (Å²) >= 11 is 0. The molecule has 16 aromatic carbocycles. The second kappa shape index (κ2) is 31.6. The molecule has 4 aliphatic heterocycles. The molecule has 0 saturated heterocycles. The summed E-state index contributed by atoms with van der Waals surface area (Å²) in [7, 11) is -1.94. The molecule has 512 valence electrons. The van der Waals surface area contributed by atoms with Gasteiger partial charge in [0.2, 0.25) is 0 Å². The maximum atomic E-state index is 6.40. The van der Waals surface area contributed by atoms with Crippen LogP contribution >= 0.6 is 0 Å². The second-order valence-corrected chi connectivity index (χ2v) is 26.1. The van der Waals surface area contributed by atoms with E-state index in [-0.39, 0.29) is 0 Å². The third-order valence-electron chi connectivity index (χ3n) is 19.3. The monoisotopic (exact) mass is 1390 g/mol. The lowest BCUT2D eigenvalue weighted by Gasteiger charge is -2.26. The van der Waals surface area contributed by atoms with Crippen molar-refractivity contribution in [1.82, 2.24) is 0 Å². The summed E-state index contributed by atoms with van der Waals surface area (Å²) < 4.78 is 50.5. The fourth-order valence-corrected chi connectivity index (χ4v) is 14.2. The molecule has 20 rings (SSSR count). The first kappa shape index (κ1) is 67.4. The summed E-state index contributed by atoms with van der Waals surface area (Å²) in [4.78, 5) is 0. The van der Waals surface area contributed by atoms with Gasteiger partial charge in [-0.25, -0.2) is 0 Å². The first-order valence-corrected chi connectivity index (χ1v) is 36.2. The molecule has 0 fully saturated rings. The van der Waals surface area contributed by atoms with E-state index in [1.807, 2.05) is 243 Å². The molecule has 8 nitrogen and oxygen atoms in total. The van der Waals surface area contributed by atoms with E-state index in [1.54, 1.807) is 0 Å². The van der Waals surface area contributed by atoms with E-state index in [4.69, 9.17) is 37.2 Å². The average molecular weight is 1390 g/mol. The topological polar surface area (TPSA) is 73.8 Å². The highest BCUT2D eigenvalue weighted by Crippen LogP contribution is 2.41. The summed E-state index contributed by atoms with van der Waals surface area (Å²) in [6.07, 6.45) is 0. The van der Waals surface area contributed by atoms with Gasteiger partial charge in [-0.2, -0.15) is 0 Å². The van der Waals surface area contributed by atoms with Crippen LogP contribution < -0.4 is 59.1 Å². The van der Waals surface area contributed by atoms with Crippen LogP contribution in [0.3, 0.4) is 0 Å². The molecule has 0 radical (unpaired) electrons. The molecule has 108 heavy (non-hydrogen) atoms. The van der Waals surface area contributed by atoms with Crippen LogP contribution in [-0.2, 0) is 0 Å². The Balaban J connectivity index is 0.000000105. The first-order chi connectivity index (χ1) is 53.6. The maximum Gasteiger partial charge on any atom is 0.633 e. The lowest BCUT2D eigenvalue weighted by molar-refractivity contribution is 0.438. The van der Waals surface area contributed by atoms with Crippen molar-refractivity contribution in [1.29, 1.82) is 0 Å².